The third-order valence-corrected chi connectivity index (χ3v) is 12.8. The maximum atomic E-state index is 12.6. The van der Waals surface area contributed by atoms with E-state index < -0.39 is 30.4 Å². The van der Waals surface area contributed by atoms with Gasteiger partial charge in [-0.15, -0.1) is 0 Å². The number of phenolic OH excluding ortho intramolecular Hbond substituents is 1. The van der Waals surface area contributed by atoms with Crippen LogP contribution in [0.5, 0.6) is 5.75 Å². The number of H-pyrrole nitrogens is 2. The Balaban J connectivity index is 1.38. The smallest absolute Gasteiger partial charge is 0.295 e. The molecule has 8 bridgehead atoms. The minimum absolute atomic E-state index is 0.0346. The predicted molar refractivity (Wildman–Crippen MR) is 232 cm³/mol. The van der Waals surface area contributed by atoms with Crippen LogP contribution in [0.25, 0.3) is 90.9 Å². The molecule has 6 N–H and O–H groups in total. The molecule has 0 aliphatic carbocycles. The first-order valence-corrected chi connectivity index (χ1v) is 22.5. The van der Waals surface area contributed by atoms with E-state index in [9.17, 15) is 44.0 Å². The molecule has 61 heavy (non-hydrogen) atoms. The van der Waals surface area contributed by atoms with Crippen molar-refractivity contribution in [3.63, 3.8) is 0 Å². The number of benzene rings is 4. The first-order chi connectivity index (χ1) is 29.0. The Labute approximate surface area is 348 Å². The van der Waals surface area contributed by atoms with Crippen molar-refractivity contribution in [2.75, 3.05) is 0 Å². The Morgan fingerprint density at radius 3 is 1.43 bits per heavy atom. The van der Waals surface area contributed by atoms with E-state index in [-0.39, 0.29) is 26.0 Å². The maximum absolute atomic E-state index is 12.6. The molecule has 0 amide bonds. The first kappa shape index (κ1) is 39.5. The summed E-state index contributed by atoms with van der Waals surface area (Å²) in [4.78, 5) is 16.0. The van der Waals surface area contributed by atoms with Crippen molar-refractivity contribution in [1.29, 1.82) is 0 Å². The van der Waals surface area contributed by atoms with Crippen LogP contribution >= 0.6 is 0 Å². The Bertz CT molecular complexity index is 3540. The van der Waals surface area contributed by atoms with Crippen molar-refractivity contribution >= 4 is 76.7 Å². The molecule has 17 heteroatoms. The van der Waals surface area contributed by atoms with Crippen molar-refractivity contribution in [3.05, 3.63) is 144 Å². The van der Waals surface area contributed by atoms with Gasteiger partial charge in [0.25, 0.3) is 30.4 Å². The zero-order valence-corrected chi connectivity index (χ0v) is 33.7. The molecule has 4 aromatic carbocycles. The van der Waals surface area contributed by atoms with E-state index in [2.05, 4.69) is 9.97 Å². The molecule has 3 aromatic heterocycles. The average Bonchev–Trinajstić information content (AvgIpc) is 4.05. The van der Waals surface area contributed by atoms with Crippen LogP contribution < -0.4 is 0 Å². The van der Waals surface area contributed by atoms with Crippen LogP contribution in [-0.4, -0.2) is 64.0 Å². The van der Waals surface area contributed by atoms with E-state index in [1.807, 2.05) is 36.4 Å². The number of nitrogens with one attached hydrogen (secondary N) is 2. The summed E-state index contributed by atoms with van der Waals surface area (Å²) in [5, 5.41) is 9.97. The predicted octanol–water partition coefficient (Wildman–Crippen LogP) is 8.77. The monoisotopic (exact) mass is 870 g/mol. The van der Waals surface area contributed by atoms with Gasteiger partial charge in [0.15, 0.2) is 0 Å². The molecule has 0 spiro atoms. The SMILES string of the molecule is O=S(=O)(O)c1ccc(-c2c3nc(cc4ccc([nH]4)c(-c4ccc(S(=O)(=O)O)c(-c5ccc(O)cc5)c4)c4nc(c(-c5ccc(S(=O)(=O)O)cc5)c5ccc2[nH]5)C=C4)C=C3)cc1. The van der Waals surface area contributed by atoms with Gasteiger partial charge in [0, 0.05) is 44.3 Å². The van der Waals surface area contributed by atoms with Gasteiger partial charge in [-0.05, 0) is 125 Å². The van der Waals surface area contributed by atoms with Gasteiger partial charge in [-0.25, -0.2) is 9.97 Å². The molecule has 0 saturated carbocycles. The topological polar surface area (TPSA) is 241 Å². The number of aromatic amines is 2. The number of rotatable bonds is 7. The highest BCUT2D eigenvalue weighted by Gasteiger charge is 2.22. The average molecular weight is 871 g/mol. The van der Waals surface area contributed by atoms with Crippen molar-refractivity contribution in [2.45, 2.75) is 14.7 Å². The van der Waals surface area contributed by atoms with Gasteiger partial charge in [0.2, 0.25) is 0 Å². The molecule has 5 heterocycles. The number of fused-ring (bicyclic) bond motifs is 8. The Morgan fingerprint density at radius 1 is 0.426 bits per heavy atom. The number of aromatic hydroxyl groups is 1. The molecule has 2 aliphatic heterocycles. The van der Waals surface area contributed by atoms with Crippen LogP contribution in [0.15, 0.2) is 136 Å². The molecule has 0 radical (unpaired) electrons. The van der Waals surface area contributed by atoms with Crippen LogP contribution in [0, 0.1) is 0 Å². The Kier molecular flexibility index (Phi) is 9.46. The largest absolute Gasteiger partial charge is 0.508 e. The summed E-state index contributed by atoms with van der Waals surface area (Å²) in [7, 11) is -13.7. The van der Waals surface area contributed by atoms with Crippen LogP contribution in [0.3, 0.4) is 0 Å². The molecule has 0 unspecified atom stereocenters. The van der Waals surface area contributed by atoms with Crippen LogP contribution in [0.2, 0.25) is 0 Å². The number of nitrogens with zero attached hydrogens (tertiary/aromatic N) is 2. The molecule has 7 aromatic rings. The highest BCUT2D eigenvalue weighted by molar-refractivity contribution is 7.86. The number of hydrogen-bond acceptors (Lipinski definition) is 9. The second kappa shape index (κ2) is 14.6. The molecule has 0 saturated heterocycles. The first-order valence-electron chi connectivity index (χ1n) is 18.2. The summed E-state index contributed by atoms with van der Waals surface area (Å²) in [5.41, 5.74) is 8.18. The van der Waals surface area contributed by atoms with E-state index in [1.54, 1.807) is 42.5 Å². The highest BCUT2D eigenvalue weighted by Crippen LogP contribution is 2.39. The van der Waals surface area contributed by atoms with E-state index in [0.717, 1.165) is 0 Å². The van der Waals surface area contributed by atoms with Gasteiger partial charge >= 0.3 is 0 Å². The Morgan fingerprint density at radius 2 is 0.885 bits per heavy atom. The summed E-state index contributed by atoms with van der Waals surface area (Å²) >= 11 is 0. The summed E-state index contributed by atoms with van der Waals surface area (Å²) in [5.74, 6) is -0.0346. The fraction of sp³-hybridized carbons (Fsp3) is 0. The van der Waals surface area contributed by atoms with Gasteiger partial charge in [-0.2, -0.15) is 25.3 Å². The van der Waals surface area contributed by atoms with Gasteiger partial charge in [-0.1, -0.05) is 42.5 Å². The van der Waals surface area contributed by atoms with Crippen molar-refractivity contribution in [2.24, 2.45) is 0 Å². The standard InChI is InChI=1S/C44H30N4O10S3/c49-31-10-1-25(2-11-31)34-23-28(7-22-41(34)61(56,57)58)44-36-17-9-30(46-36)24-29-8-16-35(45-29)42(26-3-12-32(13-4-26)59(50,51)52)37-18-19-38(47-37)43(39-20-21-40(44)48-39)27-5-14-33(15-6-27)60(53,54)55/h1-24,46-47,49H,(H,50,51,52)(H,53,54,55)(H,56,57,58). The second-order valence-electron chi connectivity index (χ2n) is 14.1. The second-order valence-corrected chi connectivity index (χ2v) is 18.3. The fourth-order valence-electron chi connectivity index (χ4n) is 7.41. The van der Waals surface area contributed by atoms with Gasteiger partial charge in [0.05, 0.1) is 32.6 Å². The molecule has 9 rings (SSSR count). The van der Waals surface area contributed by atoms with Crippen molar-refractivity contribution < 1.29 is 44.0 Å². The zero-order chi connectivity index (χ0) is 42.8. The fourth-order valence-corrected chi connectivity index (χ4v) is 9.07. The molecule has 14 nitrogen and oxygen atoms in total. The number of aromatic nitrogens is 4. The van der Waals surface area contributed by atoms with E-state index >= 15 is 0 Å². The molecular weight excluding hydrogens is 841 g/mol. The molecule has 304 valence electrons. The highest BCUT2D eigenvalue weighted by atomic mass is 32.2. The number of phenols is 1. The van der Waals surface area contributed by atoms with Crippen molar-refractivity contribution in [3.8, 4) is 50.3 Å². The van der Waals surface area contributed by atoms with Crippen molar-refractivity contribution in [1.82, 2.24) is 19.9 Å². The lowest BCUT2D eigenvalue weighted by Gasteiger charge is -2.12. The Hall–Kier alpha value is -6.99. The van der Waals surface area contributed by atoms with E-state index in [0.29, 0.717) is 83.8 Å². The summed E-state index contributed by atoms with van der Waals surface area (Å²) in [6.07, 6.45) is 7.17. The van der Waals surface area contributed by atoms with Gasteiger partial charge < -0.3 is 15.1 Å². The van der Waals surface area contributed by atoms with Crippen LogP contribution in [0.1, 0.15) is 22.8 Å². The van der Waals surface area contributed by atoms with Gasteiger partial charge in [-0.3, -0.25) is 13.7 Å². The minimum Gasteiger partial charge on any atom is -0.508 e. The van der Waals surface area contributed by atoms with E-state index in [1.165, 1.54) is 66.7 Å². The summed E-state index contributed by atoms with van der Waals surface area (Å²) in [6, 6.07) is 30.7. The number of hydrogen-bond donors (Lipinski definition) is 6. The molecule has 0 atom stereocenters. The third-order valence-electron chi connectivity index (χ3n) is 10.2. The lowest BCUT2D eigenvalue weighted by molar-refractivity contribution is 0.475. The molecule has 2 aliphatic rings. The molecule has 0 fully saturated rings. The molecular formula is C44H30N4O10S3. The quantitative estimate of drug-likeness (QED) is 0.0824. The van der Waals surface area contributed by atoms with Crippen LogP contribution in [-0.2, 0) is 30.4 Å². The van der Waals surface area contributed by atoms with E-state index in [4.69, 9.17) is 9.97 Å². The maximum Gasteiger partial charge on any atom is 0.295 e. The third kappa shape index (κ3) is 7.68. The zero-order valence-electron chi connectivity index (χ0n) is 31.2. The lowest BCUT2D eigenvalue weighted by Crippen LogP contribution is -2.01. The van der Waals surface area contributed by atoms with Crippen LogP contribution in [0.4, 0.5) is 0 Å². The normalized spacial score (nSPS) is 12.8. The van der Waals surface area contributed by atoms with Gasteiger partial charge in [0.1, 0.15) is 10.6 Å². The summed E-state index contributed by atoms with van der Waals surface area (Å²) in [6.45, 7) is 0. The summed E-state index contributed by atoms with van der Waals surface area (Å²) < 4.78 is 103. The minimum atomic E-state index is -4.70. The lowest BCUT2D eigenvalue weighted by atomic mass is 9.98.